The molecule has 8 heteroatoms. The van der Waals surface area contributed by atoms with Gasteiger partial charge in [0.15, 0.2) is 5.13 Å². The number of pyridine rings is 1. The van der Waals surface area contributed by atoms with Crippen LogP contribution in [0.5, 0.6) is 5.75 Å². The lowest BCUT2D eigenvalue weighted by Crippen LogP contribution is -2.13. The van der Waals surface area contributed by atoms with Crippen LogP contribution in [0.15, 0.2) is 40.2 Å². The fourth-order valence-electron chi connectivity index (χ4n) is 3.27. The molecule has 0 bridgehead atoms. The van der Waals surface area contributed by atoms with E-state index in [1.165, 1.54) is 11.3 Å². The van der Waals surface area contributed by atoms with Gasteiger partial charge in [0, 0.05) is 22.6 Å². The smallest absolute Gasteiger partial charge is 0.259 e. The molecule has 1 N–H and O–H groups in total. The highest BCUT2D eigenvalue weighted by molar-refractivity contribution is 7.14. The zero-order chi connectivity index (χ0) is 20.0. The predicted molar refractivity (Wildman–Crippen MR) is 111 cm³/mol. The van der Waals surface area contributed by atoms with Crippen LogP contribution < -0.4 is 10.1 Å². The number of anilines is 1. The van der Waals surface area contributed by atoms with Crippen LogP contribution in [0, 0.1) is 6.92 Å². The van der Waals surface area contributed by atoms with Gasteiger partial charge in [-0.05, 0) is 50.1 Å². The molecule has 0 saturated heterocycles. The number of carbonyl (C=O) groups is 1. The summed E-state index contributed by atoms with van der Waals surface area (Å²) >= 11 is 1.38. The van der Waals surface area contributed by atoms with E-state index in [1.807, 2.05) is 42.6 Å². The Bertz CT molecular complexity index is 1210. The van der Waals surface area contributed by atoms with Crippen molar-refractivity contribution in [2.45, 2.75) is 25.7 Å². The molecule has 1 aliphatic rings. The minimum absolute atomic E-state index is 0.235. The molecule has 0 aliphatic heterocycles. The third kappa shape index (κ3) is 3.36. The molecule has 7 nitrogen and oxygen atoms in total. The summed E-state index contributed by atoms with van der Waals surface area (Å²) < 4.78 is 10.5. The summed E-state index contributed by atoms with van der Waals surface area (Å²) in [6.07, 6.45) is 2.18. The molecule has 0 unspecified atom stereocenters. The first-order chi connectivity index (χ1) is 14.1. The van der Waals surface area contributed by atoms with Gasteiger partial charge in [-0.25, -0.2) is 9.97 Å². The van der Waals surface area contributed by atoms with E-state index >= 15 is 0 Å². The second-order valence-corrected chi connectivity index (χ2v) is 7.90. The Morgan fingerprint density at radius 1 is 1.24 bits per heavy atom. The number of methoxy groups -OCH3 is 1. The Labute approximate surface area is 170 Å². The van der Waals surface area contributed by atoms with Gasteiger partial charge in [-0.1, -0.05) is 5.16 Å². The molecular formula is C21H18N4O3S. The van der Waals surface area contributed by atoms with Crippen molar-refractivity contribution in [1.29, 1.82) is 0 Å². The number of hydrogen-bond acceptors (Lipinski definition) is 7. The van der Waals surface area contributed by atoms with Crippen LogP contribution in [-0.2, 0) is 0 Å². The van der Waals surface area contributed by atoms with Crippen molar-refractivity contribution in [2.24, 2.45) is 0 Å². The van der Waals surface area contributed by atoms with Gasteiger partial charge in [0.05, 0.1) is 29.4 Å². The number of rotatable bonds is 5. The molecule has 146 valence electrons. The standard InChI is InChI=1S/C21H18N4O3S/c1-11-18-15(9-16(12-3-4-12)22-20(18)28-25-11)19(26)24-21-23-17(10-29-21)13-5-7-14(27-2)8-6-13/h5-10,12H,3-4H2,1-2H3,(H,23,24,26). The zero-order valence-electron chi connectivity index (χ0n) is 15.9. The maximum atomic E-state index is 13.0. The average molecular weight is 406 g/mol. The lowest BCUT2D eigenvalue weighted by molar-refractivity contribution is 0.102. The monoisotopic (exact) mass is 406 g/mol. The molecule has 1 amide bonds. The molecule has 1 aliphatic carbocycles. The average Bonchev–Trinajstić information content (AvgIpc) is 3.39. The number of nitrogens with zero attached hydrogens (tertiary/aromatic N) is 3. The molecule has 1 fully saturated rings. The first-order valence-corrected chi connectivity index (χ1v) is 10.2. The summed E-state index contributed by atoms with van der Waals surface area (Å²) in [4.78, 5) is 22.1. The molecule has 29 heavy (non-hydrogen) atoms. The highest BCUT2D eigenvalue weighted by Gasteiger charge is 2.28. The van der Waals surface area contributed by atoms with E-state index in [9.17, 15) is 4.79 Å². The fourth-order valence-corrected chi connectivity index (χ4v) is 3.99. The highest BCUT2D eigenvalue weighted by Crippen LogP contribution is 2.40. The van der Waals surface area contributed by atoms with Crippen molar-refractivity contribution in [3.63, 3.8) is 0 Å². The Morgan fingerprint density at radius 2 is 2.03 bits per heavy atom. The van der Waals surface area contributed by atoms with E-state index in [2.05, 4.69) is 20.4 Å². The van der Waals surface area contributed by atoms with E-state index in [1.54, 1.807) is 7.11 Å². The van der Waals surface area contributed by atoms with Crippen molar-refractivity contribution >= 4 is 33.5 Å². The number of carbonyl (C=O) groups excluding carboxylic acids is 1. The van der Waals surface area contributed by atoms with E-state index in [-0.39, 0.29) is 5.91 Å². The normalized spacial score (nSPS) is 13.6. The number of amides is 1. The largest absolute Gasteiger partial charge is 0.497 e. The Morgan fingerprint density at radius 3 is 2.76 bits per heavy atom. The van der Waals surface area contributed by atoms with Gasteiger partial charge >= 0.3 is 0 Å². The van der Waals surface area contributed by atoms with Crippen molar-refractivity contribution in [2.75, 3.05) is 12.4 Å². The zero-order valence-corrected chi connectivity index (χ0v) is 16.7. The van der Waals surface area contributed by atoms with Crippen LogP contribution in [0.3, 0.4) is 0 Å². The molecule has 0 atom stereocenters. The third-order valence-corrected chi connectivity index (χ3v) is 5.75. The van der Waals surface area contributed by atoms with E-state index in [0.717, 1.165) is 35.5 Å². The van der Waals surface area contributed by atoms with Crippen LogP contribution >= 0.6 is 11.3 Å². The quantitative estimate of drug-likeness (QED) is 0.512. The van der Waals surface area contributed by atoms with Crippen LogP contribution in [0.4, 0.5) is 5.13 Å². The first kappa shape index (κ1) is 17.8. The molecule has 3 heterocycles. The summed E-state index contributed by atoms with van der Waals surface area (Å²) in [5, 5.41) is 10.0. The van der Waals surface area contributed by atoms with Gasteiger partial charge in [-0.15, -0.1) is 11.3 Å². The second-order valence-electron chi connectivity index (χ2n) is 7.04. The van der Waals surface area contributed by atoms with Crippen molar-refractivity contribution in [3.05, 3.63) is 52.7 Å². The summed E-state index contributed by atoms with van der Waals surface area (Å²) in [7, 11) is 1.63. The van der Waals surface area contributed by atoms with Gasteiger partial charge in [0.25, 0.3) is 11.6 Å². The van der Waals surface area contributed by atoms with Crippen molar-refractivity contribution < 1.29 is 14.1 Å². The minimum atomic E-state index is -0.235. The number of nitrogens with one attached hydrogen (secondary N) is 1. The highest BCUT2D eigenvalue weighted by atomic mass is 32.1. The van der Waals surface area contributed by atoms with Gasteiger partial charge in [-0.2, -0.15) is 0 Å². The second kappa shape index (κ2) is 6.97. The van der Waals surface area contributed by atoms with Crippen LogP contribution in [0.25, 0.3) is 22.4 Å². The molecule has 5 rings (SSSR count). The molecule has 1 saturated carbocycles. The number of fused-ring (bicyclic) bond motifs is 1. The summed E-state index contributed by atoms with van der Waals surface area (Å²) in [5.74, 6) is 0.953. The van der Waals surface area contributed by atoms with Crippen molar-refractivity contribution in [1.82, 2.24) is 15.1 Å². The Hall–Kier alpha value is -3.26. The van der Waals surface area contributed by atoms with Gasteiger partial charge < -0.3 is 9.26 Å². The third-order valence-electron chi connectivity index (χ3n) is 4.99. The lowest BCUT2D eigenvalue weighted by atomic mass is 10.1. The maximum absolute atomic E-state index is 13.0. The van der Waals surface area contributed by atoms with Gasteiger partial charge in [0.1, 0.15) is 5.75 Å². The molecule has 3 aromatic heterocycles. The van der Waals surface area contributed by atoms with Crippen molar-refractivity contribution in [3.8, 4) is 17.0 Å². The molecule has 0 radical (unpaired) electrons. The summed E-state index contributed by atoms with van der Waals surface area (Å²) in [6, 6.07) is 9.50. The topological polar surface area (TPSA) is 90.1 Å². The molecular weight excluding hydrogens is 388 g/mol. The fraction of sp³-hybridized carbons (Fsp3) is 0.238. The number of hydrogen-bond donors (Lipinski definition) is 1. The number of aryl methyl sites for hydroxylation is 1. The van der Waals surface area contributed by atoms with Gasteiger partial charge in [0.2, 0.25) is 0 Å². The van der Waals surface area contributed by atoms with E-state index in [4.69, 9.17) is 9.26 Å². The van der Waals surface area contributed by atoms with Crippen LogP contribution in [-0.4, -0.2) is 28.1 Å². The molecule has 1 aromatic carbocycles. The number of benzene rings is 1. The molecule has 4 aromatic rings. The summed E-state index contributed by atoms with van der Waals surface area (Å²) in [5.41, 5.74) is 4.23. The Kier molecular flexibility index (Phi) is 4.28. The lowest BCUT2D eigenvalue weighted by Gasteiger charge is -2.06. The maximum Gasteiger partial charge on any atom is 0.259 e. The van der Waals surface area contributed by atoms with Crippen LogP contribution in [0.1, 0.15) is 40.5 Å². The SMILES string of the molecule is COc1ccc(-c2csc(NC(=O)c3cc(C4CC4)nc4onc(C)c34)n2)cc1. The van der Waals surface area contributed by atoms with Gasteiger partial charge in [-0.3, -0.25) is 10.1 Å². The van der Waals surface area contributed by atoms with E-state index in [0.29, 0.717) is 33.4 Å². The molecule has 0 spiro atoms. The van der Waals surface area contributed by atoms with Crippen LogP contribution in [0.2, 0.25) is 0 Å². The number of aromatic nitrogens is 3. The Balaban J connectivity index is 1.43. The first-order valence-electron chi connectivity index (χ1n) is 9.30. The number of ether oxygens (including phenoxy) is 1. The minimum Gasteiger partial charge on any atom is -0.497 e. The summed E-state index contributed by atoms with van der Waals surface area (Å²) in [6.45, 7) is 1.81. The van der Waals surface area contributed by atoms with E-state index < -0.39 is 0 Å². The predicted octanol–water partition coefficient (Wildman–Crippen LogP) is 4.79. The number of thiazole rings is 1.